The molecule has 0 saturated carbocycles. The van der Waals surface area contributed by atoms with E-state index in [2.05, 4.69) is 0 Å². The van der Waals surface area contributed by atoms with Gasteiger partial charge in [-0.2, -0.15) is 0 Å². The van der Waals surface area contributed by atoms with E-state index in [1.165, 1.54) is 5.56 Å². The van der Waals surface area contributed by atoms with E-state index >= 15 is 0 Å². The Hall–Kier alpha value is -1.02. The summed E-state index contributed by atoms with van der Waals surface area (Å²) in [5.41, 5.74) is 1.17. The summed E-state index contributed by atoms with van der Waals surface area (Å²) in [4.78, 5) is 0. The number of ether oxygens (including phenoxy) is 1. The van der Waals surface area contributed by atoms with Crippen LogP contribution in [0.15, 0.2) is 24.3 Å². The first-order chi connectivity index (χ1) is 7.33. The highest BCUT2D eigenvalue weighted by Gasteiger charge is 1.91. The van der Waals surface area contributed by atoms with Crippen molar-refractivity contribution in [2.45, 2.75) is 34.6 Å². The van der Waals surface area contributed by atoms with Gasteiger partial charge in [0.2, 0.25) is 0 Å². The molecular weight excluding hydrogens is 188 g/mol. The summed E-state index contributed by atoms with van der Waals surface area (Å²) in [6, 6.07) is 7.76. The third kappa shape index (κ3) is 9.29. The fraction of sp³-hybridized carbons (Fsp3) is 0.538. The van der Waals surface area contributed by atoms with Gasteiger partial charge in [-0.15, -0.1) is 0 Å². The minimum absolute atomic E-state index is 0.0634. The fourth-order valence-electron chi connectivity index (χ4n) is 0.869. The molecule has 0 unspecified atom stereocenters. The zero-order valence-corrected chi connectivity index (χ0v) is 10.6. The van der Waals surface area contributed by atoms with Crippen LogP contribution in [-0.4, -0.2) is 18.3 Å². The van der Waals surface area contributed by atoms with E-state index in [4.69, 9.17) is 9.84 Å². The Bertz CT molecular complexity index is 222. The minimum atomic E-state index is 0.0634. The predicted octanol–water partition coefficient (Wildman–Crippen LogP) is 3.42. The van der Waals surface area contributed by atoms with Crippen LogP contribution in [0.2, 0.25) is 0 Å². The molecule has 0 aliphatic rings. The van der Waals surface area contributed by atoms with Crippen LogP contribution in [-0.2, 0) is 0 Å². The van der Waals surface area contributed by atoms with E-state index in [-0.39, 0.29) is 6.61 Å². The summed E-state index contributed by atoms with van der Waals surface area (Å²) in [6.07, 6.45) is 0. The van der Waals surface area contributed by atoms with Crippen molar-refractivity contribution in [1.82, 2.24) is 0 Å². The molecule has 0 radical (unpaired) electrons. The Labute approximate surface area is 93.9 Å². The van der Waals surface area contributed by atoms with Gasteiger partial charge in [0.05, 0.1) is 6.61 Å². The lowest BCUT2D eigenvalue weighted by Gasteiger charge is -2.03. The van der Waals surface area contributed by atoms with Crippen LogP contribution in [0.4, 0.5) is 0 Å². The number of aliphatic hydroxyl groups excluding tert-OH is 1. The van der Waals surface area contributed by atoms with Gasteiger partial charge in [-0.05, 0) is 24.6 Å². The number of aliphatic hydroxyl groups is 1. The topological polar surface area (TPSA) is 29.5 Å². The number of benzene rings is 1. The molecule has 0 aromatic heterocycles. The van der Waals surface area contributed by atoms with Crippen molar-refractivity contribution in [2.24, 2.45) is 0 Å². The van der Waals surface area contributed by atoms with E-state index in [0.717, 1.165) is 5.75 Å². The second-order valence-electron chi connectivity index (χ2n) is 2.39. The fourth-order valence-corrected chi connectivity index (χ4v) is 0.869. The van der Waals surface area contributed by atoms with Gasteiger partial charge in [-0.1, -0.05) is 39.8 Å². The Morgan fingerprint density at radius 1 is 1.13 bits per heavy atom. The molecule has 0 amide bonds. The van der Waals surface area contributed by atoms with Crippen LogP contribution >= 0.6 is 0 Å². The second kappa shape index (κ2) is 13.0. The van der Waals surface area contributed by atoms with Gasteiger partial charge in [-0.3, -0.25) is 0 Å². The Kier molecular flexibility index (Phi) is 14.2. The largest absolute Gasteiger partial charge is 0.491 e. The van der Waals surface area contributed by atoms with Crippen LogP contribution in [0, 0.1) is 6.92 Å². The third-order valence-electron chi connectivity index (χ3n) is 1.35. The molecule has 1 aromatic rings. The van der Waals surface area contributed by atoms with Gasteiger partial charge in [0.1, 0.15) is 12.4 Å². The van der Waals surface area contributed by atoms with Crippen LogP contribution in [0.25, 0.3) is 0 Å². The van der Waals surface area contributed by atoms with Gasteiger partial charge >= 0.3 is 0 Å². The van der Waals surface area contributed by atoms with Crippen molar-refractivity contribution in [1.29, 1.82) is 0 Å². The summed E-state index contributed by atoms with van der Waals surface area (Å²) in [5.74, 6) is 0.819. The average molecular weight is 212 g/mol. The molecule has 1 N–H and O–H groups in total. The quantitative estimate of drug-likeness (QED) is 0.832. The lowest BCUT2D eigenvalue weighted by Crippen LogP contribution is -2.01. The van der Waals surface area contributed by atoms with Crippen molar-refractivity contribution in [3.05, 3.63) is 29.8 Å². The van der Waals surface area contributed by atoms with Crippen molar-refractivity contribution in [3.8, 4) is 5.75 Å². The Balaban J connectivity index is 0. The van der Waals surface area contributed by atoms with Gasteiger partial charge < -0.3 is 9.84 Å². The lowest BCUT2D eigenvalue weighted by atomic mass is 10.2. The molecule has 0 aliphatic carbocycles. The van der Waals surface area contributed by atoms with Gasteiger partial charge in [-0.25, -0.2) is 0 Å². The van der Waals surface area contributed by atoms with E-state index < -0.39 is 0 Å². The molecule has 1 rings (SSSR count). The van der Waals surface area contributed by atoms with Crippen molar-refractivity contribution in [2.75, 3.05) is 13.2 Å². The zero-order valence-electron chi connectivity index (χ0n) is 10.6. The maximum atomic E-state index is 8.47. The molecule has 2 heteroatoms. The molecule has 15 heavy (non-hydrogen) atoms. The maximum Gasteiger partial charge on any atom is 0.119 e. The summed E-state index contributed by atoms with van der Waals surface area (Å²) in [7, 11) is 0. The van der Waals surface area contributed by atoms with E-state index in [9.17, 15) is 0 Å². The monoisotopic (exact) mass is 212 g/mol. The van der Waals surface area contributed by atoms with Crippen LogP contribution in [0.3, 0.4) is 0 Å². The molecule has 0 saturated heterocycles. The molecule has 0 aliphatic heterocycles. The summed E-state index contributed by atoms with van der Waals surface area (Å²) < 4.78 is 5.19. The van der Waals surface area contributed by atoms with E-state index in [1.807, 2.05) is 58.9 Å². The number of aryl methyl sites for hydroxylation is 1. The molecule has 1 aromatic carbocycles. The van der Waals surface area contributed by atoms with Crippen molar-refractivity contribution in [3.63, 3.8) is 0 Å². The summed E-state index contributed by atoms with van der Waals surface area (Å²) in [6.45, 7) is 10.4. The van der Waals surface area contributed by atoms with E-state index in [0.29, 0.717) is 6.61 Å². The molecule has 0 fully saturated rings. The minimum Gasteiger partial charge on any atom is -0.491 e. The Morgan fingerprint density at radius 2 is 1.73 bits per heavy atom. The highest BCUT2D eigenvalue weighted by atomic mass is 16.5. The van der Waals surface area contributed by atoms with Gasteiger partial charge in [0, 0.05) is 0 Å². The third-order valence-corrected chi connectivity index (χ3v) is 1.35. The molecule has 0 spiro atoms. The first-order valence-corrected chi connectivity index (χ1v) is 5.63. The number of rotatable bonds is 3. The zero-order chi connectivity index (χ0) is 12.1. The molecule has 0 heterocycles. The molecule has 0 bridgehead atoms. The number of hydrogen-bond acceptors (Lipinski definition) is 2. The Morgan fingerprint density at radius 3 is 2.20 bits per heavy atom. The molecular formula is C13H24O2. The first-order valence-electron chi connectivity index (χ1n) is 5.63. The van der Waals surface area contributed by atoms with Crippen LogP contribution in [0.5, 0.6) is 5.75 Å². The maximum absolute atomic E-state index is 8.47. The first kappa shape index (κ1) is 16.4. The normalized spacial score (nSPS) is 7.87. The second-order valence-corrected chi connectivity index (χ2v) is 2.39. The summed E-state index contributed by atoms with van der Waals surface area (Å²) >= 11 is 0. The van der Waals surface area contributed by atoms with E-state index in [1.54, 1.807) is 0 Å². The average Bonchev–Trinajstić information content (AvgIpc) is 2.32. The van der Waals surface area contributed by atoms with Crippen molar-refractivity contribution >= 4 is 0 Å². The summed E-state index contributed by atoms with van der Waals surface area (Å²) in [5, 5.41) is 8.47. The molecule has 88 valence electrons. The van der Waals surface area contributed by atoms with Crippen molar-refractivity contribution < 1.29 is 9.84 Å². The number of hydrogen-bond donors (Lipinski definition) is 1. The molecule has 0 atom stereocenters. The predicted molar refractivity (Wildman–Crippen MR) is 66.5 cm³/mol. The molecule has 2 nitrogen and oxygen atoms in total. The SMILES string of the molecule is CC.CC.Cc1cccc(OCCO)c1. The van der Waals surface area contributed by atoms with Gasteiger partial charge in [0.15, 0.2) is 0 Å². The van der Waals surface area contributed by atoms with Gasteiger partial charge in [0.25, 0.3) is 0 Å². The lowest BCUT2D eigenvalue weighted by molar-refractivity contribution is 0.201. The standard InChI is InChI=1S/C9H12O2.2C2H6/c1-8-3-2-4-9(7-8)11-6-5-10;2*1-2/h2-4,7,10H,5-6H2,1H3;2*1-2H3. The van der Waals surface area contributed by atoms with Crippen LogP contribution in [0.1, 0.15) is 33.3 Å². The smallest absolute Gasteiger partial charge is 0.119 e. The highest BCUT2D eigenvalue weighted by molar-refractivity contribution is 5.27. The van der Waals surface area contributed by atoms with Crippen LogP contribution < -0.4 is 4.74 Å². The highest BCUT2D eigenvalue weighted by Crippen LogP contribution is 2.11.